The van der Waals surface area contributed by atoms with Crippen LogP contribution in [0.4, 0.5) is 11.4 Å². The molecule has 0 bridgehead atoms. The Morgan fingerprint density at radius 2 is 1.81 bits per heavy atom. The molecule has 0 saturated heterocycles. The zero-order valence-electron chi connectivity index (χ0n) is 15.7. The van der Waals surface area contributed by atoms with Gasteiger partial charge < -0.3 is 20.7 Å². The summed E-state index contributed by atoms with van der Waals surface area (Å²) in [6, 6.07) is 11.4. The number of nitro benzene ring substituents is 1. The van der Waals surface area contributed by atoms with E-state index in [1.807, 2.05) is 0 Å². The number of carbonyl (C=O) groups is 2. The lowest BCUT2D eigenvalue weighted by Crippen LogP contribution is -2.56. The molecule has 164 valence electrons. The maximum Gasteiger partial charge on any atom is 0.339 e. The third-order valence-corrected chi connectivity index (χ3v) is 4.65. The highest BCUT2D eigenvalue weighted by Crippen LogP contribution is 2.29. The Morgan fingerprint density at radius 3 is 2.42 bits per heavy atom. The number of hydrogen-bond donors (Lipinski definition) is 3. The molecule has 0 heterocycles. The van der Waals surface area contributed by atoms with Crippen LogP contribution >= 0.6 is 47.0 Å². The molecule has 9 nitrogen and oxygen atoms in total. The van der Waals surface area contributed by atoms with E-state index in [1.54, 1.807) is 18.2 Å². The van der Waals surface area contributed by atoms with Gasteiger partial charge in [0, 0.05) is 17.7 Å². The Kier molecular flexibility index (Phi) is 8.40. The number of benzene rings is 2. The zero-order valence-corrected chi connectivity index (χ0v) is 18.8. The number of hydrogen-bond acceptors (Lipinski definition) is 6. The number of nitrogens with one attached hydrogen (secondary N) is 3. The molecule has 0 aliphatic rings. The minimum atomic E-state index is -2.05. The SMILES string of the molecule is COC(=O)c1ccccc1NC(=S)N[C@@H](NC(=O)c1cccc([N+](=O)[O-])c1)C(Cl)(Cl)Cl. The number of halogens is 3. The number of para-hydroxylation sites is 1. The van der Waals surface area contributed by atoms with Crippen molar-refractivity contribution >= 4 is 75.4 Å². The first kappa shape index (κ1) is 24.6. The molecule has 0 radical (unpaired) electrons. The Hall–Kier alpha value is -2.66. The van der Waals surface area contributed by atoms with E-state index >= 15 is 0 Å². The number of alkyl halides is 3. The molecule has 0 aromatic heterocycles. The molecule has 31 heavy (non-hydrogen) atoms. The number of amides is 1. The van der Waals surface area contributed by atoms with Gasteiger partial charge >= 0.3 is 5.97 Å². The number of ether oxygens (including phenoxy) is 1. The van der Waals surface area contributed by atoms with Gasteiger partial charge in [0.05, 0.1) is 23.3 Å². The molecule has 2 rings (SSSR count). The van der Waals surface area contributed by atoms with Crippen LogP contribution in [0.1, 0.15) is 20.7 Å². The van der Waals surface area contributed by atoms with Crippen molar-refractivity contribution in [3.8, 4) is 0 Å². The summed E-state index contributed by atoms with van der Waals surface area (Å²) in [5, 5.41) is 18.7. The summed E-state index contributed by atoms with van der Waals surface area (Å²) < 4.78 is 2.66. The van der Waals surface area contributed by atoms with E-state index in [2.05, 4.69) is 16.0 Å². The highest BCUT2D eigenvalue weighted by molar-refractivity contribution is 7.80. The Labute approximate surface area is 197 Å². The average Bonchev–Trinajstić information content (AvgIpc) is 2.72. The van der Waals surface area contributed by atoms with E-state index in [-0.39, 0.29) is 21.9 Å². The molecule has 0 aliphatic heterocycles. The second kappa shape index (κ2) is 10.6. The van der Waals surface area contributed by atoms with Gasteiger partial charge in [-0.3, -0.25) is 14.9 Å². The van der Waals surface area contributed by atoms with E-state index in [9.17, 15) is 19.7 Å². The van der Waals surface area contributed by atoms with Crippen LogP contribution in [-0.2, 0) is 4.74 Å². The molecular formula is C18H15Cl3N4O5S. The van der Waals surface area contributed by atoms with Gasteiger partial charge in [-0.2, -0.15) is 0 Å². The minimum Gasteiger partial charge on any atom is -0.465 e. The number of nitro groups is 1. The summed E-state index contributed by atoms with van der Waals surface area (Å²) in [7, 11) is 1.23. The average molecular weight is 506 g/mol. The van der Waals surface area contributed by atoms with Crippen LogP contribution in [0.2, 0.25) is 0 Å². The molecular weight excluding hydrogens is 491 g/mol. The number of thiocarbonyl (C=S) groups is 1. The van der Waals surface area contributed by atoms with Gasteiger partial charge in [-0.1, -0.05) is 53.0 Å². The molecule has 1 atom stereocenters. The molecule has 13 heteroatoms. The quantitative estimate of drug-likeness (QED) is 0.135. The summed E-state index contributed by atoms with van der Waals surface area (Å²) >= 11 is 23.0. The minimum absolute atomic E-state index is 0.0230. The fourth-order valence-electron chi connectivity index (χ4n) is 2.34. The first-order chi connectivity index (χ1) is 14.5. The van der Waals surface area contributed by atoms with Crippen LogP contribution in [0.15, 0.2) is 48.5 Å². The molecule has 0 saturated carbocycles. The van der Waals surface area contributed by atoms with Crippen molar-refractivity contribution in [1.82, 2.24) is 10.6 Å². The number of nitrogens with zero attached hydrogens (tertiary/aromatic N) is 1. The maximum absolute atomic E-state index is 12.5. The summed E-state index contributed by atoms with van der Waals surface area (Å²) in [6.45, 7) is 0. The van der Waals surface area contributed by atoms with Crippen molar-refractivity contribution in [2.75, 3.05) is 12.4 Å². The van der Waals surface area contributed by atoms with E-state index in [1.165, 1.54) is 31.4 Å². The molecule has 1 amide bonds. The summed E-state index contributed by atoms with van der Waals surface area (Å²) in [5.41, 5.74) is 0.230. The van der Waals surface area contributed by atoms with Gasteiger partial charge in [0.1, 0.15) is 6.17 Å². The van der Waals surface area contributed by atoms with Crippen LogP contribution < -0.4 is 16.0 Å². The van der Waals surface area contributed by atoms with Crippen molar-refractivity contribution in [1.29, 1.82) is 0 Å². The second-order valence-corrected chi connectivity index (χ2v) is 8.67. The predicted octanol–water partition coefficient (Wildman–Crippen LogP) is 3.79. The third-order valence-electron chi connectivity index (χ3n) is 3.78. The number of carbonyl (C=O) groups excluding carboxylic acids is 2. The number of methoxy groups -OCH3 is 1. The van der Waals surface area contributed by atoms with Crippen LogP contribution in [0.3, 0.4) is 0 Å². The van der Waals surface area contributed by atoms with Crippen LogP contribution in [0.5, 0.6) is 0 Å². The maximum atomic E-state index is 12.5. The molecule has 2 aromatic rings. The largest absolute Gasteiger partial charge is 0.465 e. The zero-order chi connectivity index (χ0) is 23.2. The van der Waals surface area contributed by atoms with E-state index in [0.717, 1.165) is 6.07 Å². The summed E-state index contributed by atoms with van der Waals surface area (Å²) in [6.07, 6.45) is -1.32. The van der Waals surface area contributed by atoms with Crippen molar-refractivity contribution in [2.24, 2.45) is 0 Å². The second-order valence-electron chi connectivity index (χ2n) is 5.89. The van der Waals surface area contributed by atoms with Gasteiger partial charge in [0.2, 0.25) is 3.79 Å². The lowest BCUT2D eigenvalue weighted by atomic mass is 10.2. The Morgan fingerprint density at radius 1 is 1.13 bits per heavy atom. The van der Waals surface area contributed by atoms with Crippen molar-refractivity contribution < 1.29 is 19.2 Å². The summed E-state index contributed by atoms with van der Waals surface area (Å²) in [5.74, 6) is -1.34. The van der Waals surface area contributed by atoms with Crippen LogP contribution in [0, 0.1) is 10.1 Å². The standard InChI is InChI=1S/C18H15Cl3N4O5S/c1-30-15(27)12-7-2-3-8-13(12)22-17(31)24-16(18(19,20)21)23-14(26)10-5-4-6-11(9-10)25(28)29/h2-9,16H,1H3,(H,23,26)(H2,22,24,31)/t16-/m1/s1. The van der Waals surface area contributed by atoms with Gasteiger partial charge in [0.15, 0.2) is 5.11 Å². The fourth-order valence-corrected chi connectivity index (χ4v) is 2.90. The molecule has 0 spiro atoms. The van der Waals surface area contributed by atoms with Gasteiger partial charge in [-0.15, -0.1) is 0 Å². The van der Waals surface area contributed by atoms with Crippen LogP contribution in [0.25, 0.3) is 0 Å². The lowest BCUT2D eigenvalue weighted by molar-refractivity contribution is -0.384. The molecule has 0 fully saturated rings. The van der Waals surface area contributed by atoms with Crippen LogP contribution in [-0.4, -0.2) is 39.0 Å². The smallest absolute Gasteiger partial charge is 0.339 e. The van der Waals surface area contributed by atoms with E-state index in [0.29, 0.717) is 5.69 Å². The molecule has 3 N–H and O–H groups in total. The van der Waals surface area contributed by atoms with E-state index < -0.39 is 26.8 Å². The Bertz CT molecular complexity index is 1020. The van der Waals surface area contributed by atoms with Gasteiger partial charge in [-0.25, -0.2) is 4.79 Å². The predicted molar refractivity (Wildman–Crippen MR) is 122 cm³/mol. The van der Waals surface area contributed by atoms with E-state index in [4.69, 9.17) is 51.8 Å². The Balaban J connectivity index is 2.17. The van der Waals surface area contributed by atoms with Crippen molar-refractivity contribution in [3.63, 3.8) is 0 Å². The van der Waals surface area contributed by atoms with Gasteiger partial charge in [0.25, 0.3) is 11.6 Å². The fraction of sp³-hybridized carbons (Fsp3) is 0.167. The summed E-state index contributed by atoms with van der Waals surface area (Å²) in [4.78, 5) is 34.7. The number of non-ortho nitro benzene ring substituents is 1. The number of rotatable bonds is 6. The first-order valence-corrected chi connectivity index (χ1v) is 9.94. The highest BCUT2D eigenvalue weighted by atomic mass is 35.6. The highest BCUT2D eigenvalue weighted by Gasteiger charge is 2.35. The normalized spacial score (nSPS) is 11.7. The molecule has 0 aliphatic carbocycles. The van der Waals surface area contributed by atoms with Crippen molar-refractivity contribution in [2.45, 2.75) is 9.96 Å². The first-order valence-electron chi connectivity index (χ1n) is 8.40. The molecule has 0 unspecified atom stereocenters. The topological polar surface area (TPSA) is 123 Å². The monoisotopic (exact) mass is 504 g/mol. The van der Waals surface area contributed by atoms with Crippen molar-refractivity contribution in [3.05, 3.63) is 69.8 Å². The molecule has 2 aromatic carbocycles. The number of esters is 1. The number of anilines is 1. The third kappa shape index (κ3) is 6.93. The lowest BCUT2D eigenvalue weighted by Gasteiger charge is -2.28. The van der Waals surface area contributed by atoms with Gasteiger partial charge in [-0.05, 0) is 30.4 Å².